The largest absolute Gasteiger partial charge is 0.454 e. The van der Waals surface area contributed by atoms with Gasteiger partial charge in [-0.1, -0.05) is 30.3 Å². The van der Waals surface area contributed by atoms with Gasteiger partial charge in [-0.05, 0) is 25.0 Å². The molecule has 0 amide bonds. The van der Waals surface area contributed by atoms with E-state index in [4.69, 9.17) is 0 Å². The molecule has 0 radical (unpaired) electrons. The second-order valence-electron chi connectivity index (χ2n) is 6.22. The van der Waals surface area contributed by atoms with E-state index in [1.165, 1.54) is 6.07 Å². The van der Waals surface area contributed by atoms with Crippen molar-refractivity contribution in [2.45, 2.75) is 19.0 Å². The highest BCUT2D eigenvalue weighted by Crippen LogP contribution is 2.26. The highest BCUT2D eigenvalue weighted by Gasteiger charge is 2.39. The summed E-state index contributed by atoms with van der Waals surface area (Å²) in [6.07, 6.45) is -2.65. The van der Waals surface area contributed by atoms with Crippen LogP contribution >= 0.6 is 0 Å². The summed E-state index contributed by atoms with van der Waals surface area (Å²) in [7, 11) is 0. The SMILES string of the molecule is O=C(c1ccccc1)C1CCN(c2ccc(C(=O)C(F)(F)F)cn2)CC1. The molecule has 7 heteroatoms. The molecular weight excluding hydrogens is 345 g/mol. The van der Waals surface area contributed by atoms with E-state index in [1.54, 1.807) is 12.1 Å². The molecule has 3 rings (SSSR count). The molecule has 1 aliphatic heterocycles. The maximum atomic E-state index is 12.5. The smallest absolute Gasteiger partial charge is 0.357 e. The van der Waals surface area contributed by atoms with Crippen LogP contribution in [0.25, 0.3) is 0 Å². The molecule has 0 atom stereocenters. The molecule has 0 saturated carbocycles. The highest BCUT2D eigenvalue weighted by atomic mass is 19.4. The number of halogens is 3. The topological polar surface area (TPSA) is 50.3 Å². The number of anilines is 1. The van der Waals surface area contributed by atoms with Crippen molar-refractivity contribution in [3.63, 3.8) is 0 Å². The second kappa shape index (κ2) is 7.27. The number of carbonyl (C=O) groups excluding carboxylic acids is 2. The zero-order valence-corrected chi connectivity index (χ0v) is 13.9. The first kappa shape index (κ1) is 18.1. The molecule has 0 spiro atoms. The molecule has 0 aliphatic carbocycles. The van der Waals surface area contributed by atoms with Crippen LogP contribution in [-0.4, -0.2) is 35.8 Å². The molecule has 2 heterocycles. The number of ketones is 2. The number of benzene rings is 1. The van der Waals surface area contributed by atoms with Crippen molar-refractivity contribution < 1.29 is 22.8 Å². The molecule has 0 unspecified atom stereocenters. The van der Waals surface area contributed by atoms with Crippen LogP contribution in [0.5, 0.6) is 0 Å². The first-order valence-corrected chi connectivity index (χ1v) is 8.28. The summed E-state index contributed by atoms with van der Waals surface area (Å²) in [6, 6.07) is 11.7. The Kier molecular flexibility index (Phi) is 5.06. The second-order valence-corrected chi connectivity index (χ2v) is 6.22. The Hall–Kier alpha value is -2.70. The van der Waals surface area contributed by atoms with E-state index in [0.29, 0.717) is 37.3 Å². The Labute approximate surface area is 148 Å². The zero-order chi connectivity index (χ0) is 18.7. The average Bonchev–Trinajstić information content (AvgIpc) is 2.67. The van der Waals surface area contributed by atoms with Gasteiger partial charge < -0.3 is 4.90 Å². The summed E-state index contributed by atoms with van der Waals surface area (Å²) in [5.41, 5.74) is 0.217. The molecule has 1 fully saturated rings. The quantitative estimate of drug-likeness (QED) is 0.774. The van der Waals surface area contributed by atoms with Crippen molar-refractivity contribution in [1.29, 1.82) is 0 Å². The van der Waals surface area contributed by atoms with Crippen molar-refractivity contribution >= 4 is 17.4 Å². The van der Waals surface area contributed by atoms with Crippen LogP contribution in [0.4, 0.5) is 19.0 Å². The molecule has 0 N–H and O–H groups in total. The molecule has 4 nitrogen and oxygen atoms in total. The fourth-order valence-electron chi connectivity index (χ4n) is 3.08. The van der Waals surface area contributed by atoms with Crippen molar-refractivity contribution in [3.05, 3.63) is 59.8 Å². The lowest BCUT2D eigenvalue weighted by Gasteiger charge is -2.32. The summed E-state index contributed by atoms with van der Waals surface area (Å²) in [5.74, 6) is -1.35. The third-order valence-corrected chi connectivity index (χ3v) is 4.52. The number of Topliss-reactive ketones (excluding diaryl/α,β-unsaturated/α-hetero) is 2. The summed E-state index contributed by atoms with van der Waals surface area (Å²) in [4.78, 5) is 29.6. The lowest BCUT2D eigenvalue weighted by atomic mass is 9.89. The summed E-state index contributed by atoms with van der Waals surface area (Å²) in [6.45, 7) is 1.17. The molecule has 1 aliphatic rings. The van der Waals surface area contributed by atoms with Gasteiger partial charge >= 0.3 is 6.18 Å². The number of carbonyl (C=O) groups is 2. The standard InChI is InChI=1S/C19H17F3N2O2/c20-19(21,22)18(26)15-6-7-16(23-12-15)24-10-8-14(9-11-24)17(25)13-4-2-1-3-5-13/h1-7,12,14H,8-11H2. The van der Waals surface area contributed by atoms with Crippen LogP contribution in [0.3, 0.4) is 0 Å². The first-order chi connectivity index (χ1) is 12.4. The van der Waals surface area contributed by atoms with Gasteiger partial charge in [-0.25, -0.2) is 4.98 Å². The zero-order valence-electron chi connectivity index (χ0n) is 13.9. The molecular formula is C19H17F3N2O2. The number of piperidine rings is 1. The number of hydrogen-bond donors (Lipinski definition) is 0. The maximum Gasteiger partial charge on any atom is 0.454 e. The minimum Gasteiger partial charge on any atom is -0.357 e. The predicted molar refractivity (Wildman–Crippen MR) is 90.3 cm³/mol. The Morgan fingerprint density at radius 1 is 0.962 bits per heavy atom. The van der Waals surface area contributed by atoms with E-state index in [2.05, 4.69) is 4.98 Å². The maximum absolute atomic E-state index is 12.5. The molecule has 1 aromatic heterocycles. The molecule has 136 valence electrons. The number of aromatic nitrogens is 1. The molecule has 26 heavy (non-hydrogen) atoms. The third kappa shape index (κ3) is 3.92. The lowest BCUT2D eigenvalue weighted by molar-refractivity contribution is -0.0885. The monoisotopic (exact) mass is 362 g/mol. The number of alkyl halides is 3. The molecule has 1 aromatic carbocycles. The van der Waals surface area contributed by atoms with Gasteiger partial charge in [0.25, 0.3) is 5.78 Å². The van der Waals surface area contributed by atoms with Crippen LogP contribution in [0, 0.1) is 5.92 Å². The average molecular weight is 362 g/mol. The fraction of sp³-hybridized carbons (Fsp3) is 0.316. The van der Waals surface area contributed by atoms with Gasteiger partial charge in [0, 0.05) is 36.3 Å². The highest BCUT2D eigenvalue weighted by molar-refractivity contribution is 6.00. The van der Waals surface area contributed by atoms with Crippen molar-refractivity contribution in [1.82, 2.24) is 4.98 Å². The van der Waals surface area contributed by atoms with Gasteiger partial charge in [0.2, 0.25) is 0 Å². The van der Waals surface area contributed by atoms with Gasteiger partial charge in [0.15, 0.2) is 5.78 Å². The van der Waals surface area contributed by atoms with Gasteiger partial charge in [0.05, 0.1) is 0 Å². The van der Waals surface area contributed by atoms with E-state index in [9.17, 15) is 22.8 Å². The summed E-state index contributed by atoms with van der Waals surface area (Å²) < 4.78 is 37.3. The number of hydrogen-bond acceptors (Lipinski definition) is 4. The van der Waals surface area contributed by atoms with Gasteiger partial charge in [-0.15, -0.1) is 0 Å². The van der Waals surface area contributed by atoms with E-state index >= 15 is 0 Å². The Balaban J connectivity index is 1.61. The van der Waals surface area contributed by atoms with Crippen molar-refractivity contribution in [3.8, 4) is 0 Å². The number of pyridine rings is 1. The van der Waals surface area contributed by atoms with Crippen LogP contribution in [0.15, 0.2) is 48.7 Å². The van der Waals surface area contributed by atoms with E-state index in [1.807, 2.05) is 23.1 Å². The third-order valence-electron chi connectivity index (χ3n) is 4.52. The Morgan fingerprint density at radius 3 is 2.15 bits per heavy atom. The number of nitrogens with zero attached hydrogens (tertiary/aromatic N) is 2. The fourth-order valence-corrected chi connectivity index (χ4v) is 3.08. The van der Waals surface area contributed by atoms with Gasteiger partial charge in [0.1, 0.15) is 5.82 Å². The Morgan fingerprint density at radius 2 is 1.62 bits per heavy atom. The van der Waals surface area contributed by atoms with Gasteiger partial charge in [-0.3, -0.25) is 9.59 Å². The molecule has 2 aromatic rings. The lowest BCUT2D eigenvalue weighted by Crippen LogP contribution is -2.37. The molecule has 1 saturated heterocycles. The normalized spacial score (nSPS) is 15.7. The van der Waals surface area contributed by atoms with Crippen LogP contribution < -0.4 is 4.90 Å². The summed E-state index contributed by atoms with van der Waals surface area (Å²) in [5, 5.41) is 0. The van der Waals surface area contributed by atoms with E-state index in [0.717, 1.165) is 12.3 Å². The summed E-state index contributed by atoms with van der Waals surface area (Å²) >= 11 is 0. The van der Waals surface area contributed by atoms with E-state index < -0.39 is 17.5 Å². The Bertz CT molecular complexity index is 781. The van der Waals surface area contributed by atoms with Crippen LogP contribution in [0.1, 0.15) is 33.6 Å². The molecule has 0 bridgehead atoms. The minimum absolute atomic E-state index is 0.0697. The van der Waals surface area contributed by atoms with Crippen LogP contribution in [0.2, 0.25) is 0 Å². The van der Waals surface area contributed by atoms with Crippen molar-refractivity contribution in [2.24, 2.45) is 5.92 Å². The van der Waals surface area contributed by atoms with Crippen molar-refractivity contribution in [2.75, 3.05) is 18.0 Å². The predicted octanol–water partition coefficient (Wildman–Crippen LogP) is 3.93. The van der Waals surface area contributed by atoms with E-state index in [-0.39, 0.29) is 11.7 Å². The first-order valence-electron chi connectivity index (χ1n) is 8.28. The number of rotatable bonds is 4. The van der Waals surface area contributed by atoms with Crippen LogP contribution in [-0.2, 0) is 0 Å². The van der Waals surface area contributed by atoms with Gasteiger partial charge in [-0.2, -0.15) is 13.2 Å². The minimum atomic E-state index is -4.90.